The highest BCUT2D eigenvalue weighted by Gasteiger charge is 2.67. The molecular formula is C40H31ClF6N10O5S. The van der Waals surface area contributed by atoms with Crippen molar-refractivity contribution in [2.24, 2.45) is 13.0 Å². The van der Waals surface area contributed by atoms with Crippen LogP contribution in [0.1, 0.15) is 58.7 Å². The maximum absolute atomic E-state index is 15.5. The number of sulfonamides is 1. The molecule has 0 radical (unpaired) electrons. The number of alkyl halides is 4. The van der Waals surface area contributed by atoms with Crippen LogP contribution in [0.5, 0.6) is 5.88 Å². The summed E-state index contributed by atoms with van der Waals surface area (Å²) in [6.45, 7) is -0.994. The molecule has 5 aromatic heterocycles. The van der Waals surface area contributed by atoms with Crippen LogP contribution in [0.2, 0.25) is 5.02 Å². The van der Waals surface area contributed by atoms with Crippen LogP contribution in [0.15, 0.2) is 71.8 Å². The molecule has 1 fully saturated rings. The van der Waals surface area contributed by atoms with Gasteiger partial charge in [0.15, 0.2) is 11.5 Å². The summed E-state index contributed by atoms with van der Waals surface area (Å²) >= 11 is 6.61. The first-order valence-electron chi connectivity index (χ1n) is 19.0. The van der Waals surface area contributed by atoms with Crippen LogP contribution in [-0.2, 0) is 47.4 Å². The predicted molar refractivity (Wildman–Crippen MR) is 214 cm³/mol. The van der Waals surface area contributed by atoms with E-state index in [-0.39, 0.29) is 74.3 Å². The van der Waals surface area contributed by atoms with Gasteiger partial charge < -0.3 is 10.1 Å². The first-order chi connectivity index (χ1) is 29.9. The third-order valence-electron chi connectivity index (χ3n) is 10.8. The fourth-order valence-electron chi connectivity index (χ4n) is 8.16. The van der Waals surface area contributed by atoms with Crippen LogP contribution in [0.3, 0.4) is 0 Å². The number of hydrogen-bond donors (Lipinski definition) is 2. The SMILES string of the molecule is Cn1nc(NS(C)(=O)=O)c2c(Cl)ccc(-n3c([C@H](Cc4cc(F)cc(F)c4)NC(=O)Cn4nc(C(F)F)c5c4C(F)(F)[C@@H]4C[C@H]54)nc4nc(OCc5cccnc5)ccc4c3=O)c21. The number of halogens is 7. The number of nitrogens with one attached hydrogen (secondary N) is 2. The summed E-state index contributed by atoms with van der Waals surface area (Å²) in [6, 6.07) is 9.93. The molecule has 0 aliphatic heterocycles. The number of carbonyl (C=O) groups is 1. The lowest BCUT2D eigenvalue weighted by Gasteiger charge is -2.24. The van der Waals surface area contributed by atoms with Crippen LogP contribution >= 0.6 is 11.6 Å². The number of aryl methyl sites for hydroxylation is 1. The second kappa shape index (κ2) is 15.4. The van der Waals surface area contributed by atoms with Crippen molar-refractivity contribution in [1.29, 1.82) is 0 Å². The van der Waals surface area contributed by atoms with Crippen LogP contribution in [0, 0.1) is 17.6 Å². The van der Waals surface area contributed by atoms with Crippen molar-refractivity contribution in [2.45, 2.75) is 50.3 Å². The molecule has 2 N–H and O–H groups in total. The first kappa shape index (κ1) is 41.8. The fourth-order valence-corrected chi connectivity index (χ4v) is 8.90. The molecule has 2 aliphatic carbocycles. The minimum absolute atomic E-state index is 0.00750. The van der Waals surface area contributed by atoms with Gasteiger partial charge >= 0.3 is 0 Å². The Balaban J connectivity index is 1.22. The van der Waals surface area contributed by atoms with Crippen LogP contribution in [0.4, 0.5) is 32.2 Å². The summed E-state index contributed by atoms with van der Waals surface area (Å²) in [5.41, 5.74) is -2.33. The average molecular weight is 913 g/mol. The molecule has 0 spiro atoms. The van der Waals surface area contributed by atoms with Crippen molar-refractivity contribution in [2.75, 3.05) is 11.0 Å². The maximum Gasteiger partial charge on any atom is 0.293 e. The summed E-state index contributed by atoms with van der Waals surface area (Å²) in [6.07, 6.45) is 0.298. The van der Waals surface area contributed by atoms with E-state index in [0.717, 1.165) is 23.0 Å². The van der Waals surface area contributed by atoms with E-state index >= 15 is 8.78 Å². The Morgan fingerprint density at radius 1 is 1.05 bits per heavy atom. The summed E-state index contributed by atoms with van der Waals surface area (Å²) < 4.78 is 124. The Hall–Kier alpha value is -6.55. The summed E-state index contributed by atoms with van der Waals surface area (Å²) in [4.78, 5) is 42.3. The lowest BCUT2D eigenvalue weighted by Crippen LogP contribution is -2.38. The molecule has 3 atom stereocenters. The molecule has 23 heteroatoms. The van der Waals surface area contributed by atoms with Crippen molar-refractivity contribution in [3.8, 4) is 11.6 Å². The molecule has 0 unspecified atom stereocenters. The first-order valence-corrected chi connectivity index (χ1v) is 21.2. The highest BCUT2D eigenvalue weighted by Crippen LogP contribution is 2.68. The second-order valence-electron chi connectivity index (χ2n) is 15.2. The van der Waals surface area contributed by atoms with Gasteiger partial charge in [0.05, 0.1) is 39.3 Å². The third kappa shape index (κ3) is 7.70. The molecule has 2 aromatic carbocycles. The molecule has 5 heterocycles. The zero-order valence-corrected chi connectivity index (χ0v) is 34.2. The largest absolute Gasteiger partial charge is 0.473 e. The zero-order chi connectivity index (χ0) is 44.7. The van der Waals surface area contributed by atoms with Gasteiger partial charge in [0.1, 0.15) is 42.0 Å². The Bertz CT molecular complexity index is 3160. The lowest BCUT2D eigenvalue weighted by molar-refractivity contribution is -0.123. The van der Waals surface area contributed by atoms with E-state index in [1.807, 2.05) is 0 Å². The zero-order valence-electron chi connectivity index (χ0n) is 32.7. The van der Waals surface area contributed by atoms with Gasteiger partial charge in [-0.2, -0.15) is 24.0 Å². The second-order valence-corrected chi connectivity index (χ2v) is 17.4. The van der Waals surface area contributed by atoms with Crippen LogP contribution in [-0.4, -0.2) is 59.7 Å². The molecule has 326 valence electrons. The van der Waals surface area contributed by atoms with E-state index in [1.54, 1.807) is 24.5 Å². The summed E-state index contributed by atoms with van der Waals surface area (Å²) in [5, 5.41) is 10.6. The predicted octanol–water partition coefficient (Wildman–Crippen LogP) is 6.39. The molecule has 1 saturated carbocycles. The molecular weight excluding hydrogens is 882 g/mol. The van der Waals surface area contributed by atoms with Crippen molar-refractivity contribution >= 4 is 55.3 Å². The molecule has 0 saturated heterocycles. The minimum atomic E-state index is -3.92. The van der Waals surface area contributed by atoms with Gasteiger partial charge in [-0.25, -0.2) is 31.0 Å². The number of aromatic nitrogens is 8. The Kier molecular flexibility index (Phi) is 10.2. The maximum atomic E-state index is 15.5. The molecule has 7 aromatic rings. The number of hydrogen-bond acceptors (Lipinski definition) is 10. The van der Waals surface area contributed by atoms with Gasteiger partial charge in [-0.05, 0) is 54.3 Å². The number of amides is 1. The minimum Gasteiger partial charge on any atom is -0.473 e. The number of benzene rings is 2. The molecule has 15 nitrogen and oxygen atoms in total. The van der Waals surface area contributed by atoms with Crippen molar-refractivity contribution < 1.29 is 44.3 Å². The molecule has 63 heavy (non-hydrogen) atoms. The van der Waals surface area contributed by atoms with Crippen molar-refractivity contribution in [3.05, 3.63) is 128 Å². The smallest absolute Gasteiger partial charge is 0.293 e. The molecule has 1 amide bonds. The van der Waals surface area contributed by atoms with E-state index in [0.29, 0.717) is 16.3 Å². The van der Waals surface area contributed by atoms with E-state index in [2.05, 4.69) is 30.2 Å². The quantitative estimate of drug-likeness (QED) is 0.123. The van der Waals surface area contributed by atoms with E-state index < -0.39 is 87.7 Å². The van der Waals surface area contributed by atoms with Gasteiger partial charge in [-0.1, -0.05) is 17.7 Å². The van der Waals surface area contributed by atoms with E-state index in [9.17, 15) is 35.6 Å². The average Bonchev–Trinajstić information content (AvgIpc) is 3.75. The molecule has 0 bridgehead atoms. The Morgan fingerprint density at radius 2 is 1.81 bits per heavy atom. The van der Waals surface area contributed by atoms with E-state index in [1.165, 1.54) is 36.0 Å². The number of rotatable bonds is 13. The van der Waals surface area contributed by atoms with E-state index in [4.69, 9.17) is 21.3 Å². The highest BCUT2D eigenvalue weighted by molar-refractivity contribution is 7.92. The van der Waals surface area contributed by atoms with Crippen molar-refractivity contribution in [1.82, 2.24) is 44.4 Å². The van der Waals surface area contributed by atoms with Crippen LogP contribution < -0.4 is 20.3 Å². The lowest BCUT2D eigenvalue weighted by atomic mass is 10.0. The topological polar surface area (TPSA) is 181 Å². The normalized spacial score (nSPS) is 16.9. The standard InChI is InChI=1S/C40H31ClF6N10O5S/c1-55-33-27(7-6-25(41)31(33)37(53-55)54-63(2,60)61)57-38(51-36-22(39(57)59)5-8-29(50-36)62-17-18-4-3-9-48-15-18)26(12-19-10-20(42)13-21(43)11-19)49-28(58)16-56-34-30(32(52-56)35(44)45)23-14-24(23)40(34,46)47/h3-11,13,15,23-24,26,35H,12,14,16-17H2,1-2H3,(H,49,58)(H,53,54)/t23-,24+,26-/m0/s1. The van der Waals surface area contributed by atoms with Gasteiger partial charge in [-0.3, -0.25) is 33.2 Å². The summed E-state index contributed by atoms with van der Waals surface area (Å²) in [7, 11) is -2.49. The number of carbonyl (C=O) groups excluding carboxylic acids is 1. The summed E-state index contributed by atoms with van der Waals surface area (Å²) in [5.74, 6) is -9.22. The van der Waals surface area contributed by atoms with Gasteiger partial charge in [0.25, 0.3) is 17.9 Å². The number of pyridine rings is 2. The molecule has 2 aliphatic rings. The van der Waals surface area contributed by atoms with Gasteiger partial charge in [0.2, 0.25) is 21.8 Å². The Labute approximate surface area is 356 Å². The molecule has 9 rings (SSSR count). The number of ether oxygens (including phenoxy) is 1. The van der Waals surface area contributed by atoms with Crippen molar-refractivity contribution in [3.63, 3.8) is 0 Å². The Morgan fingerprint density at radius 3 is 2.51 bits per heavy atom. The third-order valence-corrected chi connectivity index (χ3v) is 11.6. The number of fused-ring (bicyclic) bond motifs is 5. The fraction of sp³-hybridized carbons (Fsp3) is 0.275. The number of nitrogens with zero attached hydrogens (tertiary/aromatic N) is 8. The monoisotopic (exact) mass is 912 g/mol. The van der Waals surface area contributed by atoms with Crippen LogP contribution in [0.25, 0.3) is 27.6 Å². The number of anilines is 1. The van der Waals surface area contributed by atoms with Gasteiger partial charge in [0, 0.05) is 55.0 Å². The van der Waals surface area contributed by atoms with Gasteiger partial charge in [-0.15, -0.1) is 0 Å². The highest BCUT2D eigenvalue weighted by atomic mass is 35.5.